The van der Waals surface area contributed by atoms with E-state index in [0.29, 0.717) is 17.4 Å². The number of carbonyl (C=O) groups is 1. The van der Waals surface area contributed by atoms with Gasteiger partial charge in [-0.3, -0.25) is 4.79 Å². The minimum absolute atomic E-state index is 0.249. The lowest BCUT2D eigenvalue weighted by atomic mass is 10.0. The van der Waals surface area contributed by atoms with Crippen LogP contribution in [0.2, 0.25) is 0 Å². The molecule has 2 aromatic rings. The fourth-order valence-corrected chi connectivity index (χ4v) is 4.01. The maximum Gasteiger partial charge on any atom is 0.287 e. The van der Waals surface area contributed by atoms with E-state index in [1.807, 2.05) is 36.4 Å². The quantitative estimate of drug-likeness (QED) is 0.748. The summed E-state index contributed by atoms with van der Waals surface area (Å²) < 4.78 is 5.37. The second-order valence-electron chi connectivity index (χ2n) is 6.20. The lowest BCUT2D eigenvalue weighted by molar-refractivity contribution is 0.0817. The van der Waals surface area contributed by atoms with E-state index in [4.69, 9.17) is 4.42 Å². The zero-order valence-electron chi connectivity index (χ0n) is 13.6. The van der Waals surface area contributed by atoms with Crippen LogP contribution in [-0.4, -0.2) is 23.7 Å². The fraction of sp³-hybridized carbons (Fsp3) is 0.421. The minimum Gasteiger partial charge on any atom is -0.459 e. The normalized spacial score (nSPS) is 16.2. The molecule has 1 heterocycles. The Morgan fingerprint density at radius 2 is 2.00 bits per heavy atom. The van der Waals surface area contributed by atoms with Crippen LogP contribution in [0.15, 0.2) is 52.0 Å². The number of carbonyl (C=O) groups excluding carboxylic acids is 1. The standard InChI is InChI=1S/C19H23NO3S/c21-17(14-6-4-5-7-14)12-20-19(22)18-15(10-11-23-18)13-24-16-8-2-1-3-9-16/h1-3,8-11,14,17,21H,4-7,12-13H2,(H,20,22). The topological polar surface area (TPSA) is 62.5 Å². The molecular weight excluding hydrogens is 322 g/mol. The van der Waals surface area contributed by atoms with E-state index in [-0.39, 0.29) is 12.5 Å². The Morgan fingerprint density at radius 3 is 2.75 bits per heavy atom. The smallest absolute Gasteiger partial charge is 0.287 e. The summed E-state index contributed by atoms with van der Waals surface area (Å²) in [6.45, 7) is 0.287. The van der Waals surface area contributed by atoms with Gasteiger partial charge >= 0.3 is 0 Å². The van der Waals surface area contributed by atoms with Gasteiger partial charge in [0.25, 0.3) is 5.91 Å². The van der Waals surface area contributed by atoms with Crippen molar-refractivity contribution in [1.29, 1.82) is 0 Å². The van der Waals surface area contributed by atoms with Gasteiger partial charge in [0, 0.05) is 22.8 Å². The molecule has 3 rings (SSSR count). The number of aliphatic hydroxyl groups is 1. The molecule has 1 aromatic heterocycles. The number of rotatable bonds is 7. The molecule has 1 aliphatic carbocycles. The largest absolute Gasteiger partial charge is 0.459 e. The third-order valence-electron chi connectivity index (χ3n) is 4.51. The molecule has 5 heteroatoms. The summed E-state index contributed by atoms with van der Waals surface area (Å²) in [7, 11) is 0. The third kappa shape index (κ3) is 4.42. The van der Waals surface area contributed by atoms with E-state index >= 15 is 0 Å². The SMILES string of the molecule is O=C(NCC(O)C1CCCC1)c1occc1CSc1ccccc1. The zero-order valence-corrected chi connectivity index (χ0v) is 14.4. The van der Waals surface area contributed by atoms with Gasteiger partial charge in [-0.15, -0.1) is 11.8 Å². The molecule has 0 aliphatic heterocycles. The van der Waals surface area contributed by atoms with Gasteiger partial charge in [0.15, 0.2) is 5.76 Å². The Hall–Kier alpha value is -1.72. The van der Waals surface area contributed by atoms with E-state index in [0.717, 1.165) is 23.3 Å². The Kier molecular flexibility index (Phi) is 5.99. The van der Waals surface area contributed by atoms with Crippen molar-refractivity contribution in [1.82, 2.24) is 5.32 Å². The van der Waals surface area contributed by atoms with Gasteiger partial charge in [0.1, 0.15) is 0 Å². The molecule has 0 saturated heterocycles. The maximum atomic E-state index is 12.3. The Morgan fingerprint density at radius 1 is 1.25 bits per heavy atom. The fourth-order valence-electron chi connectivity index (χ4n) is 3.11. The average Bonchev–Trinajstić information content (AvgIpc) is 3.30. The Labute approximate surface area is 146 Å². The molecule has 1 unspecified atom stereocenters. The van der Waals surface area contributed by atoms with Crippen LogP contribution in [0.5, 0.6) is 0 Å². The highest BCUT2D eigenvalue weighted by atomic mass is 32.2. The van der Waals surface area contributed by atoms with Gasteiger partial charge in [-0.2, -0.15) is 0 Å². The summed E-state index contributed by atoms with van der Waals surface area (Å²) in [5, 5.41) is 13.0. The van der Waals surface area contributed by atoms with E-state index in [9.17, 15) is 9.90 Å². The van der Waals surface area contributed by atoms with Crippen LogP contribution in [-0.2, 0) is 5.75 Å². The molecule has 0 radical (unpaired) electrons. The predicted molar refractivity (Wildman–Crippen MR) is 95.0 cm³/mol. The number of thioether (sulfide) groups is 1. The van der Waals surface area contributed by atoms with Crippen molar-refractivity contribution in [2.75, 3.05) is 6.54 Å². The lowest BCUT2D eigenvalue weighted by Gasteiger charge is -2.17. The van der Waals surface area contributed by atoms with Gasteiger partial charge in [0.2, 0.25) is 0 Å². The van der Waals surface area contributed by atoms with Crippen molar-refractivity contribution in [3.8, 4) is 0 Å². The first-order chi connectivity index (χ1) is 11.7. The summed E-state index contributed by atoms with van der Waals surface area (Å²) in [6, 6.07) is 11.9. The Balaban J connectivity index is 1.52. The molecule has 0 spiro atoms. The molecule has 4 nitrogen and oxygen atoms in total. The van der Waals surface area contributed by atoms with Crippen LogP contribution in [0.3, 0.4) is 0 Å². The third-order valence-corrected chi connectivity index (χ3v) is 5.57. The maximum absolute atomic E-state index is 12.3. The molecule has 1 amide bonds. The van der Waals surface area contributed by atoms with E-state index < -0.39 is 6.10 Å². The highest BCUT2D eigenvalue weighted by Gasteiger charge is 2.24. The van der Waals surface area contributed by atoms with E-state index in [1.165, 1.54) is 12.8 Å². The van der Waals surface area contributed by atoms with Gasteiger partial charge in [-0.25, -0.2) is 0 Å². The predicted octanol–water partition coefficient (Wildman–Crippen LogP) is 3.85. The van der Waals surface area contributed by atoms with Crippen molar-refractivity contribution in [3.63, 3.8) is 0 Å². The first-order valence-electron chi connectivity index (χ1n) is 8.44. The molecule has 128 valence electrons. The summed E-state index contributed by atoms with van der Waals surface area (Å²) in [6.07, 6.45) is 5.54. The van der Waals surface area contributed by atoms with Crippen LogP contribution in [0.4, 0.5) is 0 Å². The van der Waals surface area contributed by atoms with Gasteiger partial charge in [-0.05, 0) is 37.0 Å². The molecule has 2 N–H and O–H groups in total. The van der Waals surface area contributed by atoms with Crippen molar-refractivity contribution in [2.45, 2.75) is 42.4 Å². The number of hydrogen-bond acceptors (Lipinski definition) is 4. The molecule has 0 bridgehead atoms. The highest BCUT2D eigenvalue weighted by molar-refractivity contribution is 7.98. The molecule has 1 atom stereocenters. The van der Waals surface area contributed by atoms with Gasteiger partial charge in [0.05, 0.1) is 12.4 Å². The second-order valence-corrected chi connectivity index (χ2v) is 7.25. The van der Waals surface area contributed by atoms with Gasteiger partial charge in [-0.1, -0.05) is 31.0 Å². The average molecular weight is 345 g/mol. The summed E-state index contributed by atoms with van der Waals surface area (Å²) in [5.41, 5.74) is 0.872. The summed E-state index contributed by atoms with van der Waals surface area (Å²) in [5.74, 6) is 1.09. The first kappa shape index (κ1) is 17.1. The molecule has 1 saturated carbocycles. The number of aliphatic hydroxyl groups excluding tert-OH is 1. The van der Waals surface area contributed by atoms with Crippen molar-refractivity contribution < 1.29 is 14.3 Å². The van der Waals surface area contributed by atoms with Gasteiger partial charge < -0.3 is 14.8 Å². The summed E-state index contributed by atoms with van der Waals surface area (Å²) >= 11 is 1.67. The minimum atomic E-state index is -0.464. The molecular formula is C19H23NO3S. The molecule has 1 fully saturated rings. The van der Waals surface area contributed by atoms with Crippen molar-refractivity contribution in [2.24, 2.45) is 5.92 Å². The number of furan rings is 1. The summed E-state index contributed by atoms with van der Waals surface area (Å²) in [4.78, 5) is 13.5. The zero-order chi connectivity index (χ0) is 16.8. The number of amides is 1. The number of nitrogens with one attached hydrogen (secondary N) is 1. The lowest BCUT2D eigenvalue weighted by Crippen LogP contribution is -2.35. The van der Waals surface area contributed by atoms with Crippen LogP contribution < -0.4 is 5.32 Å². The van der Waals surface area contributed by atoms with Crippen LogP contribution in [0.1, 0.15) is 41.8 Å². The first-order valence-corrected chi connectivity index (χ1v) is 9.43. The molecule has 1 aliphatic rings. The number of hydrogen-bond donors (Lipinski definition) is 2. The van der Waals surface area contributed by atoms with Crippen molar-refractivity contribution >= 4 is 17.7 Å². The Bertz CT molecular complexity index is 650. The van der Waals surface area contributed by atoms with E-state index in [1.54, 1.807) is 18.0 Å². The molecule has 24 heavy (non-hydrogen) atoms. The monoisotopic (exact) mass is 345 g/mol. The van der Waals surface area contributed by atoms with E-state index in [2.05, 4.69) is 5.32 Å². The highest BCUT2D eigenvalue weighted by Crippen LogP contribution is 2.28. The molecule has 1 aromatic carbocycles. The van der Waals surface area contributed by atoms with Crippen LogP contribution in [0.25, 0.3) is 0 Å². The van der Waals surface area contributed by atoms with Crippen LogP contribution in [0, 0.1) is 5.92 Å². The second kappa shape index (κ2) is 8.40. The van der Waals surface area contributed by atoms with Crippen molar-refractivity contribution in [3.05, 3.63) is 54.0 Å². The number of benzene rings is 1. The van der Waals surface area contributed by atoms with Crippen LogP contribution >= 0.6 is 11.8 Å².